The number of benzene rings is 2. The number of nitrogens with one attached hydrogen (secondary N) is 1. The van der Waals surface area contributed by atoms with Crippen LogP contribution >= 0.6 is 11.6 Å². The minimum absolute atomic E-state index is 0.0948. The molecule has 0 saturated heterocycles. The largest absolute Gasteiger partial charge is 0.316 e. The predicted octanol–water partition coefficient (Wildman–Crippen LogP) is 3.64. The third kappa shape index (κ3) is 5.21. The second-order valence-electron chi connectivity index (χ2n) is 5.67. The molecule has 0 aromatic heterocycles. The first kappa shape index (κ1) is 19.3. The second kappa shape index (κ2) is 8.36. The van der Waals surface area contributed by atoms with Gasteiger partial charge < -0.3 is 4.90 Å². The minimum Gasteiger partial charge on any atom is -0.316 e. The number of alkyl halides is 1. The number of halogens is 1. The van der Waals surface area contributed by atoms with Gasteiger partial charge in [-0.1, -0.05) is 12.1 Å². The molecule has 0 spiro atoms. The van der Waals surface area contributed by atoms with E-state index in [0.717, 1.165) is 18.4 Å². The zero-order chi connectivity index (χ0) is 18.4. The number of hydrogen-bond donors (Lipinski definition) is 1. The molecule has 1 amide bonds. The molecule has 1 N–H and O–H groups in total. The van der Waals surface area contributed by atoms with E-state index in [1.807, 2.05) is 0 Å². The highest BCUT2D eigenvalue weighted by molar-refractivity contribution is 7.92. The van der Waals surface area contributed by atoms with E-state index in [2.05, 4.69) is 4.72 Å². The van der Waals surface area contributed by atoms with Crippen LogP contribution in [0.25, 0.3) is 0 Å². The zero-order valence-corrected chi connectivity index (χ0v) is 15.8. The van der Waals surface area contributed by atoms with Crippen LogP contribution in [-0.2, 0) is 21.2 Å². The fraction of sp³-hybridized carbons (Fsp3) is 0.278. The summed E-state index contributed by atoms with van der Waals surface area (Å²) in [6, 6.07) is 13.4. The Bertz CT molecular complexity index is 818. The molecule has 2 aromatic carbocycles. The lowest BCUT2D eigenvalue weighted by molar-refractivity contribution is -0.116. The monoisotopic (exact) mass is 380 g/mol. The first-order chi connectivity index (χ1) is 11.8. The lowest BCUT2D eigenvalue weighted by atomic mass is 10.1. The van der Waals surface area contributed by atoms with Gasteiger partial charge in [-0.25, -0.2) is 8.42 Å². The maximum Gasteiger partial charge on any atom is 0.261 e. The van der Waals surface area contributed by atoms with E-state index in [-0.39, 0.29) is 10.8 Å². The molecule has 0 unspecified atom stereocenters. The van der Waals surface area contributed by atoms with E-state index >= 15 is 0 Å². The van der Waals surface area contributed by atoms with Crippen molar-refractivity contribution in [3.63, 3.8) is 0 Å². The summed E-state index contributed by atoms with van der Waals surface area (Å²) < 4.78 is 27.5. The van der Waals surface area contributed by atoms with Gasteiger partial charge in [-0.3, -0.25) is 9.52 Å². The van der Waals surface area contributed by atoms with Crippen LogP contribution in [0.3, 0.4) is 0 Å². The fourth-order valence-corrected chi connectivity index (χ4v) is 3.45. The van der Waals surface area contributed by atoms with Gasteiger partial charge in [-0.15, -0.1) is 11.6 Å². The molecule has 0 bridgehead atoms. The maximum atomic E-state index is 12.5. The number of hydrogen-bond acceptors (Lipinski definition) is 3. The van der Waals surface area contributed by atoms with Crippen LogP contribution in [0.4, 0.5) is 11.4 Å². The molecule has 0 atom stereocenters. The average Bonchev–Trinajstić information content (AvgIpc) is 2.60. The molecule has 134 valence electrons. The van der Waals surface area contributed by atoms with Crippen molar-refractivity contribution in [3.8, 4) is 0 Å². The van der Waals surface area contributed by atoms with E-state index < -0.39 is 10.0 Å². The van der Waals surface area contributed by atoms with Crippen LogP contribution in [0.2, 0.25) is 0 Å². The van der Waals surface area contributed by atoms with E-state index in [1.54, 1.807) is 55.6 Å². The number of nitrogens with zero attached hydrogens (tertiary/aromatic N) is 1. The number of anilines is 2. The predicted molar refractivity (Wildman–Crippen MR) is 102 cm³/mol. The van der Waals surface area contributed by atoms with Crippen molar-refractivity contribution in [1.82, 2.24) is 0 Å². The van der Waals surface area contributed by atoms with Gasteiger partial charge in [0.2, 0.25) is 5.91 Å². The Kier molecular flexibility index (Phi) is 6.45. The van der Waals surface area contributed by atoms with E-state index in [4.69, 9.17) is 11.6 Å². The molecule has 0 heterocycles. The van der Waals surface area contributed by atoms with Gasteiger partial charge in [-0.2, -0.15) is 0 Å². The Hall–Kier alpha value is -2.05. The first-order valence-electron chi connectivity index (χ1n) is 7.85. The van der Waals surface area contributed by atoms with Crippen molar-refractivity contribution in [3.05, 3.63) is 54.1 Å². The zero-order valence-electron chi connectivity index (χ0n) is 14.2. The number of rotatable bonds is 7. The molecule has 0 saturated carbocycles. The van der Waals surface area contributed by atoms with Crippen molar-refractivity contribution in [2.75, 3.05) is 22.5 Å². The number of amides is 1. The van der Waals surface area contributed by atoms with Gasteiger partial charge in [0.15, 0.2) is 0 Å². The fourth-order valence-electron chi connectivity index (χ4n) is 2.26. The molecule has 7 heteroatoms. The van der Waals surface area contributed by atoms with Crippen molar-refractivity contribution in [2.45, 2.75) is 24.7 Å². The van der Waals surface area contributed by atoms with E-state index in [9.17, 15) is 13.2 Å². The van der Waals surface area contributed by atoms with Crippen LogP contribution in [0, 0.1) is 0 Å². The molecule has 2 aromatic rings. The Morgan fingerprint density at radius 2 is 1.68 bits per heavy atom. The highest BCUT2D eigenvalue weighted by Crippen LogP contribution is 2.20. The third-order valence-corrected chi connectivity index (χ3v) is 5.48. The summed E-state index contributed by atoms with van der Waals surface area (Å²) in [5.41, 5.74) is 2.18. The molecule has 25 heavy (non-hydrogen) atoms. The lowest BCUT2D eigenvalue weighted by Crippen LogP contribution is -2.22. The Balaban J connectivity index is 2.11. The van der Waals surface area contributed by atoms with Crippen LogP contribution in [0.15, 0.2) is 53.4 Å². The Morgan fingerprint density at radius 1 is 1.08 bits per heavy atom. The number of sulfonamides is 1. The van der Waals surface area contributed by atoms with E-state index in [0.29, 0.717) is 17.3 Å². The van der Waals surface area contributed by atoms with Crippen molar-refractivity contribution < 1.29 is 13.2 Å². The Morgan fingerprint density at radius 3 is 2.20 bits per heavy atom. The smallest absolute Gasteiger partial charge is 0.261 e. The lowest BCUT2D eigenvalue weighted by Gasteiger charge is -2.15. The minimum atomic E-state index is -3.66. The maximum absolute atomic E-state index is 12.5. The van der Waals surface area contributed by atoms with Gasteiger partial charge in [0, 0.05) is 31.2 Å². The third-order valence-electron chi connectivity index (χ3n) is 3.81. The summed E-state index contributed by atoms with van der Waals surface area (Å²) in [6.45, 7) is 1.47. The van der Waals surface area contributed by atoms with Crippen LogP contribution in [-0.4, -0.2) is 27.3 Å². The SMILES string of the molecule is CC(=O)N(C)c1ccc(NS(=O)(=O)c2ccc(CCCCl)cc2)cc1. The first-order valence-corrected chi connectivity index (χ1v) is 9.87. The highest BCUT2D eigenvalue weighted by Gasteiger charge is 2.14. The van der Waals surface area contributed by atoms with Crippen molar-refractivity contribution in [2.24, 2.45) is 0 Å². The molecule has 2 rings (SSSR count). The molecular weight excluding hydrogens is 360 g/mol. The second-order valence-corrected chi connectivity index (χ2v) is 7.73. The molecule has 5 nitrogen and oxygen atoms in total. The normalized spacial score (nSPS) is 11.2. The molecule has 0 radical (unpaired) electrons. The summed E-state index contributed by atoms with van der Waals surface area (Å²) in [6.07, 6.45) is 1.68. The van der Waals surface area contributed by atoms with Gasteiger partial charge in [0.25, 0.3) is 10.0 Å². The standard InChI is InChI=1S/C18H21ClN2O3S/c1-14(22)21(2)17-9-7-16(8-10-17)20-25(23,24)18-11-5-15(6-12-18)4-3-13-19/h5-12,20H,3-4,13H2,1-2H3. The number of carbonyl (C=O) groups is 1. The van der Waals surface area contributed by atoms with Gasteiger partial charge in [-0.05, 0) is 54.8 Å². The summed E-state index contributed by atoms with van der Waals surface area (Å²) in [5, 5.41) is 0. The topological polar surface area (TPSA) is 66.5 Å². The highest BCUT2D eigenvalue weighted by atomic mass is 35.5. The summed E-state index contributed by atoms with van der Waals surface area (Å²) >= 11 is 5.67. The molecule has 0 aliphatic heterocycles. The van der Waals surface area contributed by atoms with Crippen LogP contribution < -0.4 is 9.62 Å². The van der Waals surface area contributed by atoms with Crippen LogP contribution in [0.5, 0.6) is 0 Å². The van der Waals surface area contributed by atoms with Crippen LogP contribution in [0.1, 0.15) is 18.9 Å². The van der Waals surface area contributed by atoms with Gasteiger partial charge >= 0.3 is 0 Å². The number of aryl methyl sites for hydroxylation is 1. The summed E-state index contributed by atoms with van der Waals surface area (Å²) in [4.78, 5) is 13.0. The van der Waals surface area contributed by atoms with Gasteiger partial charge in [0.05, 0.1) is 4.90 Å². The molecular formula is C18H21ClN2O3S. The average molecular weight is 381 g/mol. The summed E-state index contributed by atoms with van der Waals surface area (Å²) in [7, 11) is -2.00. The van der Waals surface area contributed by atoms with E-state index in [1.165, 1.54) is 11.8 Å². The molecule has 0 fully saturated rings. The van der Waals surface area contributed by atoms with Crippen molar-refractivity contribution in [1.29, 1.82) is 0 Å². The van der Waals surface area contributed by atoms with Gasteiger partial charge in [0.1, 0.15) is 0 Å². The van der Waals surface area contributed by atoms with Crippen molar-refractivity contribution >= 4 is 38.9 Å². The Labute approximate surface area is 153 Å². The quantitative estimate of drug-likeness (QED) is 0.745. The molecule has 0 aliphatic carbocycles. The number of carbonyl (C=O) groups excluding carboxylic acids is 1. The summed E-state index contributed by atoms with van der Waals surface area (Å²) in [5.74, 6) is 0.485. The molecule has 0 aliphatic rings.